The molecular formula is C12H14N2O3S2. The van der Waals surface area contributed by atoms with E-state index in [9.17, 15) is 8.42 Å². The third kappa shape index (κ3) is 3.60. The number of nitrogens with zero attached hydrogens (tertiary/aromatic N) is 1. The van der Waals surface area contributed by atoms with Crippen molar-refractivity contribution in [1.29, 1.82) is 0 Å². The van der Waals surface area contributed by atoms with Crippen LogP contribution in [0.1, 0.15) is 15.4 Å². The maximum atomic E-state index is 12.1. The number of thiazole rings is 1. The molecule has 102 valence electrons. The molecule has 0 unspecified atom stereocenters. The van der Waals surface area contributed by atoms with E-state index >= 15 is 0 Å². The molecule has 0 saturated carbocycles. The third-order valence-corrected chi connectivity index (χ3v) is 4.81. The summed E-state index contributed by atoms with van der Waals surface area (Å²) in [6, 6.07) is 6.24. The molecule has 2 aromatic rings. The van der Waals surface area contributed by atoms with Crippen LogP contribution < -0.4 is 4.72 Å². The van der Waals surface area contributed by atoms with E-state index in [1.165, 1.54) is 23.5 Å². The lowest BCUT2D eigenvalue weighted by Crippen LogP contribution is -2.22. The molecule has 1 heterocycles. The van der Waals surface area contributed by atoms with E-state index in [-0.39, 0.29) is 18.0 Å². The van der Waals surface area contributed by atoms with Crippen LogP contribution in [0.25, 0.3) is 0 Å². The van der Waals surface area contributed by atoms with Crippen molar-refractivity contribution in [1.82, 2.24) is 9.71 Å². The number of aliphatic hydroxyl groups is 1. The molecule has 1 aromatic carbocycles. The summed E-state index contributed by atoms with van der Waals surface area (Å²) in [5.41, 5.74) is 0.566. The van der Waals surface area contributed by atoms with Crippen molar-refractivity contribution in [3.05, 3.63) is 45.9 Å². The molecule has 0 aliphatic carbocycles. The minimum Gasteiger partial charge on any atom is -0.392 e. The first kappa shape index (κ1) is 14.1. The summed E-state index contributed by atoms with van der Waals surface area (Å²) in [7, 11) is -3.56. The minimum atomic E-state index is -3.56. The molecule has 0 spiro atoms. The number of aromatic nitrogens is 1. The molecule has 0 aliphatic rings. The largest absolute Gasteiger partial charge is 0.392 e. The van der Waals surface area contributed by atoms with Gasteiger partial charge in [0.25, 0.3) is 0 Å². The summed E-state index contributed by atoms with van der Waals surface area (Å²) < 4.78 is 26.7. The first-order valence-corrected chi connectivity index (χ1v) is 7.92. The van der Waals surface area contributed by atoms with Gasteiger partial charge < -0.3 is 5.11 Å². The number of hydrogen-bond donors (Lipinski definition) is 2. The molecule has 0 amide bonds. The number of benzene rings is 1. The highest BCUT2D eigenvalue weighted by Crippen LogP contribution is 2.14. The monoisotopic (exact) mass is 298 g/mol. The quantitative estimate of drug-likeness (QED) is 0.875. The molecule has 1 aromatic heterocycles. The number of hydrogen-bond acceptors (Lipinski definition) is 5. The Bertz CT molecular complexity index is 665. The number of sulfonamides is 1. The van der Waals surface area contributed by atoms with Gasteiger partial charge >= 0.3 is 0 Å². The van der Waals surface area contributed by atoms with Crippen molar-refractivity contribution >= 4 is 21.4 Å². The zero-order valence-electron chi connectivity index (χ0n) is 10.3. The fourth-order valence-electron chi connectivity index (χ4n) is 1.55. The smallest absolute Gasteiger partial charge is 0.240 e. The van der Waals surface area contributed by atoms with Crippen LogP contribution in [0.15, 0.2) is 35.4 Å². The van der Waals surface area contributed by atoms with Crippen LogP contribution in [0.4, 0.5) is 0 Å². The maximum Gasteiger partial charge on any atom is 0.240 e. The van der Waals surface area contributed by atoms with Crippen molar-refractivity contribution in [2.24, 2.45) is 0 Å². The van der Waals surface area contributed by atoms with E-state index in [2.05, 4.69) is 9.71 Å². The summed E-state index contributed by atoms with van der Waals surface area (Å²) in [5, 5.41) is 9.92. The summed E-state index contributed by atoms with van der Waals surface area (Å²) in [4.78, 5) is 5.08. The van der Waals surface area contributed by atoms with Gasteiger partial charge in [-0.1, -0.05) is 12.1 Å². The van der Waals surface area contributed by atoms with Gasteiger partial charge in [-0.2, -0.15) is 0 Å². The van der Waals surface area contributed by atoms with Crippen LogP contribution in [-0.4, -0.2) is 18.5 Å². The zero-order valence-corrected chi connectivity index (χ0v) is 12.0. The van der Waals surface area contributed by atoms with E-state index in [0.29, 0.717) is 5.56 Å². The summed E-state index contributed by atoms with van der Waals surface area (Å²) in [5.74, 6) is 0. The van der Waals surface area contributed by atoms with Crippen LogP contribution >= 0.6 is 11.3 Å². The average molecular weight is 298 g/mol. The third-order valence-electron chi connectivity index (χ3n) is 2.50. The number of rotatable bonds is 5. The second-order valence-corrected chi connectivity index (χ2v) is 7.06. The van der Waals surface area contributed by atoms with E-state index in [4.69, 9.17) is 5.11 Å². The highest BCUT2D eigenvalue weighted by molar-refractivity contribution is 7.89. The molecule has 2 N–H and O–H groups in total. The highest BCUT2D eigenvalue weighted by Gasteiger charge is 2.14. The highest BCUT2D eigenvalue weighted by atomic mass is 32.2. The van der Waals surface area contributed by atoms with Gasteiger partial charge in [-0.25, -0.2) is 18.1 Å². The Morgan fingerprint density at radius 1 is 1.42 bits per heavy atom. The van der Waals surface area contributed by atoms with Gasteiger partial charge in [0, 0.05) is 17.6 Å². The van der Waals surface area contributed by atoms with Gasteiger partial charge in [0.2, 0.25) is 10.0 Å². The van der Waals surface area contributed by atoms with E-state index in [1.54, 1.807) is 18.3 Å². The lowest BCUT2D eigenvalue weighted by molar-refractivity contribution is 0.281. The molecule has 0 radical (unpaired) electrons. The first-order valence-electron chi connectivity index (χ1n) is 5.62. The van der Waals surface area contributed by atoms with Crippen LogP contribution in [0.5, 0.6) is 0 Å². The summed E-state index contributed by atoms with van der Waals surface area (Å²) in [6.45, 7) is 1.90. The molecular weight excluding hydrogens is 284 g/mol. The van der Waals surface area contributed by atoms with E-state index in [1.807, 2.05) is 6.92 Å². The fourth-order valence-corrected chi connectivity index (χ4v) is 3.45. The Morgan fingerprint density at radius 3 is 2.84 bits per heavy atom. The Hall–Kier alpha value is -1.28. The molecule has 0 aliphatic heterocycles. The first-order chi connectivity index (χ1) is 9.01. The average Bonchev–Trinajstić information content (AvgIpc) is 2.82. The second kappa shape index (κ2) is 5.79. The predicted octanol–water partition coefficient (Wildman–Crippen LogP) is 1.42. The summed E-state index contributed by atoms with van der Waals surface area (Å²) in [6.07, 6.45) is 1.66. The molecule has 0 saturated heterocycles. The molecule has 19 heavy (non-hydrogen) atoms. The molecule has 0 fully saturated rings. The van der Waals surface area contributed by atoms with E-state index in [0.717, 1.165) is 9.88 Å². The van der Waals surface area contributed by atoms with Gasteiger partial charge in [-0.15, -0.1) is 11.3 Å². The van der Waals surface area contributed by atoms with Crippen LogP contribution in [0, 0.1) is 6.92 Å². The molecule has 0 atom stereocenters. The Morgan fingerprint density at radius 2 is 2.21 bits per heavy atom. The van der Waals surface area contributed by atoms with Gasteiger partial charge in [-0.05, 0) is 24.6 Å². The topological polar surface area (TPSA) is 79.3 Å². The molecule has 7 heteroatoms. The molecule has 2 rings (SSSR count). The Balaban J connectivity index is 2.13. The maximum absolute atomic E-state index is 12.1. The fraction of sp³-hybridized carbons (Fsp3) is 0.250. The molecule has 0 bridgehead atoms. The van der Waals surface area contributed by atoms with Crippen LogP contribution in [-0.2, 0) is 23.2 Å². The predicted molar refractivity (Wildman–Crippen MR) is 73.2 cm³/mol. The number of aryl methyl sites for hydroxylation is 1. The number of nitrogens with one attached hydrogen (secondary N) is 1. The van der Waals surface area contributed by atoms with Crippen LogP contribution in [0.3, 0.4) is 0 Å². The van der Waals surface area contributed by atoms with Gasteiger partial charge in [0.05, 0.1) is 16.5 Å². The number of aliphatic hydroxyl groups excluding tert-OH is 1. The lowest BCUT2D eigenvalue weighted by atomic mass is 10.2. The van der Waals surface area contributed by atoms with Crippen molar-refractivity contribution < 1.29 is 13.5 Å². The van der Waals surface area contributed by atoms with Gasteiger partial charge in [0.1, 0.15) is 0 Å². The second-order valence-electron chi connectivity index (χ2n) is 3.98. The standard InChI is InChI=1S/C12H14N2O3S2/c1-9-13-6-11(18-9)7-14-19(16,17)12-4-2-3-10(5-12)8-15/h2-6,14-15H,7-8H2,1H3. The lowest BCUT2D eigenvalue weighted by Gasteiger charge is -2.06. The molecule has 5 nitrogen and oxygen atoms in total. The SMILES string of the molecule is Cc1ncc(CNS(=O)(=O)c2cccc(CO)c2)s1. The van der Waals surface area contributed by atoms with Gasteiger partial charge in [-0.3, -0.25) is 0 Å². The Kier molecular flexibility index (Phi) is 4.31. The van der Waals surface area contributed by atoms with Crippen molar-refractivity contribution in [2.75, 3.05) is 0 Å². The van der Waals surface area contributed by atoms with Crippen molar-refractivity contribution in [3.8, 4) is 0 Å². The summed E-state index contributed by atoms with van der Waals surface area (Å²) >= 11 is 1.45. The van der Waals surface area contributed by atoms with Crippen molar-refractivity contribution in [2.45, 2.75) is 25.0 Å². The normalized spacial score (nSPS) is 11.7. The van der Waals surface area contributed by atoms with Crippen molar-refractivity contribution in [3.63, 3.8) is 0 Å². The minimum absolute atomic E-state index is 0.153. The van der Waals surface area contributed by atoms with Gasteiger partial charge in [0.15, 0.2) is 0 Å². The zero-order chi connectivity index (χ0) is 13.9. The van der Waals surface area contributed by atoms with E-state index < -0.39 is 10.0 Å². The van der Waals surface area contributed by atoms with Crippen LogP contribution in [0.2, 0.25) is 0 Å². The Labute approximate surface area is 116 Å².